The quantitative estimate of drug-likeness (QED) is 0.780. The van der Waals surface area contributed by atoms with Crippen molar-refractivity contribution in [2.75, 3.05) is 13.1 Å². The molecule has 1 saturated heterocycles. The Morgan fingerprint density at radius 3 is 2.58 bits per heavy atom. The van der Waals surface area contributed by atoms with E-state index in [4.69, 9.17) is 9.52 Å². The zero-order valence-electron chi connectivity index (χ0n) is 14.3. The van der Waals surface area contributed by atoms with E-state index in [0.29, 0.717) is 24.3 Å². The average molecular weight is 352 g/mol. The number of hydrogen-bond acceptors (Lipinski definition) is 5. The van der Waals surface area contributed by atoms with Crippen LogP contribution in [0.15, 0.2) is 53.3 Å². The lowest BCUT2D eigenvalue weighted by atomic mass is 10.0. The summed E-state index contributed by atoms with van der Waals surface area (Å²) in [6, 6.07) is 11.5. The summed E-state index contributed by atoms with van der Waals surface area (Å²) in [5.74, 6) is 0.837. The summed E-state index contributed by atoms with van der Waals surface area (Å²) in [5, 5.41) is 17.1. The molecule has 0 unspecified atom stereocenters. The van der Waals surface area contributed by atoms with Crippen molar-refractivity contribution >= 4 is 5.91 Å². The number of aromatic nitrogens is 3. The van der Waals surface area contributed by atoms with Gasteiger partial charge in [-0.05, 0) is 37.1 Å². The molecule has 0 bridgehead atoms. The Labute approximate surface area is 150 Å². The van der Waals surface area contributed by atoms with Crippen molar-refractivity contribution in [1.82, 2.24) is 19.9 Å². The fourth-order valence-electron chi connectivity index (χ4n) is 3.30. The van der Waals surface area contributed by atoms with Gasteiger partial charge in [-0.1, -0.05) is 17.3 Å². The maximum atomic E-state index is 12.7. The minimum absolute atomic E-state index is 0.0454. The molecule has 134 valence electrons. The SMILES string of the molecule is O=C(c1ccc(-c2ccco2)cc1)N1CCC(n2cc(CO)nn2)CC1. The number of carbonyl (C=O) groups excluding carboxylic acids is 1. The van der Waals surface area contributed by atoms with Crippen molar-refractivity contribution in [1.29, 1.82) is 0 Å². The number of piperidine rings is 1. The molecular weight excluding hydrogens is 332 g/mol. The Morgan fingerprint density at radius 2 is 1.96 bits per heavy atom. The molecule has 1 aromatic carbocycles. The highest BCUT2D eigenvalue weighted by atomic mass is 16.3. The van der Waals surface area contributed by atoms with Crippen molar-refractivity contribution in [2.45, 2.75) is 25.5 Å². The standard InChI is InChI=1S/C19H20N4O3/c24-13-16-12-23(21-20-16)17-7-9-22(10-8-17)19(25)15-5-3-14(4-6-15)18-2-1-11-26-18/h1-6,11-12,17,24H,7-10,13H2. The zero-order chi connectivity index (χ0) is 17.9. The van der Waals surface area contributed by atoms with Crippen LogP contribution in [0.5, 0.6) is 0 Å². The third-order valence-electron chi connectivity index (χ3n) is 4.78. The highest BCUT2D eigenvalue weighted by molar-refractivity contribution is 5.94. The number of furan rings is 1. The molecule has 26 heavy (non-hydrogen) atoms. The van der Waals surface area contributed by atoms with Crippen molar-refractivity contribution in [3.63, 3.8) is 0 Å². The van der Waals surface area contributed by atoms with E-state index in [0.717, 1.165) is 24.2 Å². The van der Waals surface area contributed by atoms with E-state index in [1.165, 1.54) is 0 Å². The van der Waals surface area contributed by atoms with E-state index in [9.17, 15) is 4.79 Å². The fourth-order valence-corrected chi connectivity index (χ4v) is 3.30. The van der Waals surface area contributed by atoms with Crippen LogP contribution in [0.2, 0.25) is 0 Å². The van der Waals surface area contributed by atoms with Crippen molar-refractivity contribution in [3.05, 3.63) is 60.1 Å². The van der Waals surface area contributed by atoms with Crippen LogP contribution in [0, 0.1) is 0 Å². The molecule has 2 aromatic heterocycles. The largest absolute Gasteiger partial charge is 0.464 e. The number of benzene rings is 1. The minimum Gasteiger partial charge on any atom is -0.464 e. The molecule has 4 rings (SSSR count). The molecule has 0 spiro atoms. The van der Waals surface area contributed by atoms with Gasteiger partial charge in [0.1, 0.15) is 11.5 Å². The van der Waals surface area contributed by atoms with Gasteiger partial charge in [-0.15, -0.1) is 5.10 Å². The van der Waals surface area contributed by atoms with Gasteiger partial charge in [0.2, 0.25) is 0 Å². The molecule has 0 atom stereocenters. The van der Waals surface area contributed by atoms with Gasteiger partial charge in [-0.25, -0.2) is 4.68 Å². The molecule has 0 aliphatic carbocycles. The van der Waals surface area contributed by atoms with Crippen molar-refractivity contribution in [3.8, 4) is 11.3 Å². The lowest BCUT2D eigenvalue weighted by molar-refractivity contribution is 0.0689. The molecule has 1 aliphatic rings. The fraction of sp³-hybridized carbons (Fsp3) is 0.316. The van der Waals surface area contributed by atoms with Crippen molar-refractivity contribution < 1.29 is 14.3 Å². The van der Waals surface area contributed by atoms with E-state index < -0.39 is 0 Å². The average Bonchev–Trinajstić information content (AvgIpc) is 3.40. The second-order valence-corrected chi connectivity index (χ2v) is 6.43. The van der Waals surface area contributed by atoms with Crippen LogP contribution in [-0.4, -0.2) is 44.0 Å². The maximum Gasteiger partial charge on any atom is 0.253 e. The Hall–Kier alpha value is -2.93. The van der Waals surface area contributed by atoms with Gasteiger partial charge in [0.15, 0.2) is 0 Å². The van der Waals surface area contributed by atoms with Gasteiger partial charge in [-0.2, -0.15) is 0 Å². The Morgan fingerprint density at radius 1 is 1.19 bits per heavy atom. The molecule has 1 N–H and O–H groups in total. The van der Waals surface area contributed by atoms with Crippen LogP contribution in [0.1, 0.15) is 34.9 Å². The van der Waals surface area contributed by atoms with E-state index in [1.54, 1.807) is 17.1 Å². The molecule has 3 aromatic rings. The van der Waals surface area contributed by atoms with Crippen LogP contribution < -0.4 is 0 Å². The number of carbonyl (C=O) groups is 1. The number of aliphatic hydroxyl groups excluding tert-OH is 1. The predicted molar refractivity (Wildman–Crippen MR) is 94.3 cm³/mol. The molecule has 3 heterocycles. The molecule has 7 nitrogen and oxygen atoms in total. The highest BCUT2D eigenvalue weighted by Gasteiger charge is 2.25. The molecular formula is C19H20N4O3. The summed E-state index contributed by atoms with van der Waals surface area (Å²) in [4.78, 5) is 14.6. The van der Waals surface area contributed by atoms with Crippen LogP contribution in [-0.2, 0) is 6.61 Å². The van der Waals surface area contributed by atoms with Crippen LogP contribution >= 0.6 is 0 Å². The van der Waals surface area contributed by atoms with Crippen LogP contribution in [0.4, 0.5) is 0 Å². The first-order valence-electron chi connectivity index (χ1n) is 8.69. The summed E-state index contributed by atoms with van der Waals surface area (Å²) in [7, 11) is 0. The maximum absolute atomic E-state index is 12.7. The van der Waals surface area contributed by atoms with E-state index in [2.05, 4.69) is 10.3 Å². The topological polar surface area (TPSA) is 84.4 Å². The molecule has 0 radical (unpaired) electrons. The predicted octanol–water partition coefficient (Wildman–Crippen LogP) is 2.51. The smallest absolute Gasteiger partial charge is 0.253 e. The first-order chi connectivity index (χ1) is 12.7. The molecule has 7 heteroatoms. The zero-order valence-corrected chi connectivity index (χ0v) is 14.3. The van der Waals surface area contributed by atoms with Gasteiger partial charge in [-0.3, -0.25) is 4.79 Å². The monoisotopic (exact) mass is 352 g/mol. The lowest BCUT2D eigenvalue weighted by Gasteiger charge is -2.31. The van der Waals surface area contributed by atoms with E-state index in [1.807, 2.05) is 41.3 Å². The van der Waals surface area contributed by atoms with Crippen LogP contribution in [0.3, 0.4) is 0 Å². The second-order valence-electron chi connectivity index (χ2n) is 6.43. The van der Waals surface area contributed by atoms with Crippen LogP contribution in [0.25, 0.3) is 11.3 Å². The number of aliphatic hydroxyl groups is 1. The molecule has 1 aliphatic heterocycles. The number of likely N-dealkylation sites (tertiary alicyclic amines) is 1. The van der Waals surface area contributed by atoms with Gasteiger partial charge in [0, 0.05) is 24.2 Å². The second kappa shape index (κ2) is 7.13. The lowest BCUT2D eigenvalue weighted by Crippen LogP contribution is -2.39. The third kappa shape index (κ3) is 3.25. The number of rotatable bonds is 4. The molecule has 1 fully saturated rings. The Kier molecular flexibility index (Phi) is 4.53. The van der Waals surface area contributed by atoms with Gasteiger partial charge < -0.3 is 14.4 Å². The normalized spacial score (nSPS) is 15.3. The summed E-state index contributed by atoms with van der Waals surface area (Å²) in [6.45, 7) is 1.25. The first kappa shape index (κ1) is 16.5. The summed E-state index contributed by atoms with van der Waals surface area (Å²) >= 11 is 0. The van der Waals surface area contributed by atoms with E-state index in [-0.39, 0.29) is 18.6 Å². The summed E-state index contributed by atoms with van der Waals surface area (Å²) in [6.07, 6.45) is 5.06. The summed E-state index contributed by atoms with van der Waals surface area (Å²) in [5.41, 5.74) is 2.21. The van der Waals surface area contributed by atoms with Gasteiger partial charge in [0.25, 0.3) is 5.91 Å². The third-order valence-corrected chi connectivity index (χ3v) is 4.78. The Balaban J connectivity index is 1.38. The van der Waals surface area contributed by atoms with E-state index >= 15 is 0 Å². The highest BCUT2D eigenvalue weighted by Crippen LogP contribution is 2.24. The Bertz CT molecular complexity index is 863. The van der Waals surface area contributed by atoms with Gasteiger partial charge in [0.05, 0.1) is 25.1 Å². The van der Waals surface area contributed by atoms with Gasteiger partial charge >= 0.3 is 0 Å². The molecule has 0 saturated carbocycles. The number of hydrogen-bond donors (Lipinski definition) is 1. The minimum atomic E-state index is -0.106. The van der Waals surface area contributed by atoms with Crippen molar-refractivity contribution in [2.24, 2.45) is 0 Å². The molecule has 1 amide bonds. The summed E-state index contributed by atoms with van der Waals surface area (Å²) < 4.78 is 7.17. The number of amides is 1. The first-order valence-corrected chi connectivity index (χ1v) is 8.69. The number of nitrogens with zero attached hydrogens (tertiary/aromatic N) is 4.